The Balaban J connectivity index is 2.06. The average molecular weight is 212 g/mol. The minimum absolute atomic E-state index is 0.180. The third-order valence-corrected chi connectivity index (χ3v) is 2.63. The fourth-order valence-corrected chi connectivity index (χ4v) is 1.53. The van der Waals surface area contributed by atoms with E-state index in [9.17, 15) is 4.79 Å². The smallest absolute Gasteiger partial charge is 0.225 e. The van der Waals surface area contributed by atoms with E-state index in [-0.39, 0.29) is 5.54 Å². The fourth-order valence-electron chi connectivity index (χ4n) is 1.53. The summed E-state index contributed by atoms with van der Waals surface area (Å²) >= 11 is 0. The Labute approximate surface area is 93.2 Å². The molecule has 3 heteroatoms. The van der Waals surface area contributed by atoms with Gasteiger partial charge in [-0.15, -0.1) is 0 Å². The highest BCUT2D eigenvalue weighted by Crippen LogP contribution is 2.30. The lowest BCUT2D eigenvalue weighted by molar-refractivity contribution is -0.131. The molecule has 0 saturated heterocycles. The van der Waals surface area contributed by atoms with Crippen molar-refractivity contribution in [3.8, 4) is 0 Å². The molecule has 0 unspecified atom stereocenters. The van der Waals surface area contributed by atoms with Crippen LogP contribution < -0.4 is 5.32 Å². The van der Waals surface area contributed by atoms with Crippen molar-refractivity contribution < 1.29 is 4.79 Å². The van der Waals surface area contributed by atoms with Crippen LogP contribution in [0.1, 0.15) is 40.0 Å². The van der Waals surface area contributed by atoms with E-state index in [0.717, 1.165) is 32.4 Å². The Kier molecular flexibility index (Phi) is 4.14. The van der Waals surface area contributed by atoms with Crippen molar-refractivity contribution in [3.63, 3.8) is 0 Å². The van der Waals surface area contributed by atoms with Crippen LogP contribution in [-0.4, -0.2) is 36.5 Å². The van der Waals surface area contributed by atoms with E-state index in [2.05, 4.69) is 26.1 Å². The molecule has 1 N–H and O–H groups in total. The van der Waals surface area contributed by atoms with Crippen molar-refractivity contribution in [2.24, 2.45) is 5.92 Å². The van der Waals surface area contributed by atoms with Crippen LogP contribution in [0.2, 0.25) is 0 Å². The number of rotatable bonds is 5. The van der Waals surface area contributed by atoms with E-state index >= 15 is 0 Å². The highest BCUT2D eigenvalue weighted by Gasteiger charge is 2.31. The van der Waals surface area contributed by atoms with Gasteiger partial charge in [0.15, 0.2) is 0 Å². The van der Waals surface area contributed by atoms with E-state index in [1.54, 1.807) is 0 Å². The summed E-state index contributed by atoms with van der Waals surface area (Å²) in [6, 6.07) is 0. The number of amides is 1. The molecule has 0 aromatic carbocycles. The largest absolute Gasteiger partial charge is 0.345 e. The Morgan fingerprint density at radius 1 is 1.40 bits per heavy atom. The van der Waals surface area contributed by atoms with Gasteiger partial charge in [-0.25, -0.2) is 0 Å². The summed E-state index contributed by atoms with van der Waals surface area (Å²) in [4.78, 5) is 13.5. The van der Waals surface area contributed by atoms with Gasteiger partial charge in [0.25, 0.3) is 0 Å². The van der Waals surface area contributed by atoms with Gasteiger partial charge in [0, 0.05) is 25.0 Å². The van der Waals surface area contributed by atoms with Crippen LogP contribution in [0.3, 0.4) is 0 Å². The topological polar surface area (TPSA) is 32.3 Å². The highest BCUT2D eigenvalue weighted by atomic mass is 16.2. The van der Waals surface area contributed by atoms with Gasteiger partial charge in [-0.05, 0) is 46.6 Å². The van der Waals surface area contributed by atoms with Crippen molar-refractivity contribution in [2.75, 3.05) is 20.1 Å². The van der Waals surface area contributed by atoms with Crippen LogP contribution in [-0.2, 0) is 4.79 Å². The van der Waals surface area contributed by atoms with Crippen LogP contribution in [0, 0.1) is 5.92 Å². The molecule has 3 nitrogen and oxygen atoms in total. The number of nitrogens with one attached hydrogen (secondary N) is 1. The quantitative estimate of drug-likeness (QED) is 0.703. The van der Waals surface area contributed by atoms with Crippen molar-refractivity contribution >= 4 is 5.91 Å². The van der Waals surface area contributed by atoms with Crippen LogP contribution in [0.15, 0.2) is 0 Å². The predicted molar refractivity (Wildman–Crippen MR) is 62.7 cm³/mol. The molecule has 0 radical (unpaired) electrons. The molecule has 0 aromatic heterocycles. The zero-order valence-corrected chi connectivity index (χ0v) is 10.5. The first-order valence-electron chi connectivity index (χ1n) is 5.90. The first kappa shape index (κ1) is 12.5. The average Bonchev–Trinajstić information content (AvgIpc) is 2.92. The van der Waals surface area contributed by atoms with Gasteiger partial charge in [0.05, 0.1) is 0 Å². The molecule has 0 spiro atoms. The second-order valence-electron chi connectivity index (χ2n) is 5.56. The Bertz CT molecular complexity index is 216. The zero-order chi connectivity index (χ0) is 11.5. The van der Waals surface area contributed by atoms with Gasteiger partial charge in [0.1, 0.15) is 0 Å². The van der Waals surface area contributed by atoms with Gasteiger partial charge in [-0.3, -0.25) is 4.79 Å². The Morgan fingerprint density at radius 3 is 2.47 bits per heavy atom. The van der Waals surface area contributed by atoms with Crippen LogP contribution >= 0.6 is 0 Å². The summed E-state index contributed by atoms with van der Waals surface area (Å²) in [5.74, 6) is 0.691. The summed E-state index contributed by atoms with van der Waals surface area (Å²) in [6.45, 7) is 8.33. The molecule has 1 aliphatic rings. The van der Waals surface area contributed by atoms with Gasteiger partial charge < -0.3 is 10.2 Å². The molecule has 15 heavy (non-hydrogen) atoms. The van der Waals surface area contributed by atoms with E-state index in [0.29, 0.717) is 11.8 Å². The van der Waals surface area contributed by atoms with Crippen molar-refractivity contribution in [1.82, 2.24) is 10.2 Å². The minimum atomic E-state index is 0.180. The normalized spacial score (nSPS) is 16.5. The van der Waals surface area contributed by atoms with E-state index in [1.807, 2.05) is 11.9 Å². The number of hydrogen-bond acceptors (Lipinski definition) is 2. The summed E-state index contributed by atoms with van der Waals surface area (Å²) in [6.07, 6.45) is 3.24. The molecule has 0 atom stereocenters. The van der Waals surface area contributed by atoms with Gasteiger partial charge in [-0.2, -0.15) is 0 Å². The lowest BCUT2D eigenvalue weighted by Gasteiger charge is -2.22. The monoisotopic (exact) mass is 212 g/mol. The number of hydrogen-bond donors (Lipinski definition) is 1. The molecule has 0 heterocycles. The van der Waals surface area contributed by atoms with Gasteiger partial charge in [0.2, 0.25) is 5.91 Å². The number of carbonyl (C=O) groups is 1. The molecule has 1 saturated carbocycles. The highest BCUT2D eigenvalue weighted by molar-refractivity contribution is 5.80. The lowest BCUT2D eigenvalue weighted by Crippen LogP contribution is -2.38. The van der Waals surface area contributed by atoms with E-state index in [4.69, 9.17) is 0 Å². The van der Waals surface area contributed by atoms with E-state index < -0.39 is 0 Å². The standard InChI is InChI=1S/C12H24N2O/c1-12(2,3)13-8-5-9-14(4)11(15)10-6-7-10/h10,13H,5-9H2,1-4H3. The molecule has 0 bridgehead atoms. The Hall–Kier alpha value is -0.570. The van der Waals surface area contributed by atoms with Crippen LogP contribution in [0.5, 0.6) is 0 Å². The third kappa shape index (κ3) is 5.17. The molecule has 88 valence electrons. The molecule has 1 fully saturated rings. The SMILES string of the molecule is CN(CCCNC(C)(C)C)C(=O)C1CC1. The summed E-state index contributed by atoms with van der Waals surface area (Å²) in [5, 5.41) is 3.42. The molecular formula is C12H24N2O. The maximum atomic E-state index is 11.6. The summed E-state index contributed by atoms with van der Waals surface area (Å²) in [7, 11) is 1.91. The summed E-state index contributed by atoms with van der Waals surface area (Å²) < 4.78 is 0. The first-order valence-corrected chi connectivity index (χ1v) is 5.90. The van der Waals surface area contributed by atoms with Crippen molar-refractivity contribution in [3.05, 3.63) is 0 Å². The van der Waals surface area contributed by atoms with Gasteiger partial charge in [-0.1, -0.05) is 0 Å². The van der Waals surface area contributed by atoms with Crippen LogP contribution in [0.4, 0.5) is 0 Å². The second-order valence-corrected chi connectivity index (χ2v) is 5.56. The number of carbonyl (C=O) groups excluding carboxylic acids is 1. The zero-order valence-electron chi connectivity index (χ0n) is 10.5. The lowest BCUT2D eigenvalue weighted by atomic mass is 10.1. The Morgan fingerprint density at radius 2 is 2.00 bits per heavy atom. The second kappa shape index (κ2) is 4.97. The maximum Gasteiger partial charge on any atom is 0.225 e. The summed E-state index contributed by atoms with van der Waals surface area (Å²) in [5.41, 5.74) is 0.180. The molecule has 1 amide bonds. The van der Waals surface area contributed by atoms with Crippen LogP contribution in [0.25, 0.3) is 0 Å². The molecule has 0 aromatic rings. The molecule has 1 aliphatic carbocycles. The number of nitrogens with zero attached hydrogens (tertiary/aromatic N) is 1. The molecule has 0 aliphatic heterocycles. The van der Waals surface area contributed by atoms with E-state index in [1.165, 1.54) is 0 Å². The molecular weight excluding hydrogens is 188 g/mol. The molecule has 1 rings (SSSR count). The third-order valence-electron chi connectivity index (χ3n) is 2.63. The van der Waals surface area contributed by atoms with Gasteiger partial charge >= 0.3 is 0 Å². The minimum Gasteiger partial charge on any atom is -0.345 e. The van der Waals surface area contributed by atoms with Crippen molar-refractivity contribution in [2.45, 2.75) is 45.6 Å². The fraction of sp³-hybridized carbons (Fsp3) is 0.917. The first-order chi connectivity index (χ1) is 6.90. The predicted octanol–water partition coefficient (Wildman–Crippen LogP) is 1.63. The van der Waals surface area contributed by atoms with Crippen molar-refractivity contribution in [1.29, 1.82) is 0 Å². The maximum absolute atomic E-state index is 11.6.